The number of fused-ring (bicyclic) bond motifs is 2. The molecule has 0 fully saturated rings. The first kappa shape index (κ1) is 14.6. The van der Waals surface area contributed by atoms with Crippen molar-refractivity contribution in [3.63, 3.8) is 0 Å². The topological polar surface area (TPSA) is 70.8 Å². The van der Waals surface area contributed by atoms with E-state index >= 15 is 0 Å². The highest BCUT2D eigenvalue weighted by Crippen LogP contribution is 2.25. The van der Waals surface area contributed by atoms with Gasteiger partial charge in [-0.1, -0.05) is 0 Å². The van der Waals surface area contributed by atoms with Gasteiger partial charge in [-0.2, -0.15) is 4.98 Å². The van der Waals surface area contributed by atoms with Crippen LogP contribution in [-0.4, -0.2) is 27.0 Å². The second kappa shape index (κ2) is 5.30. The first-order valence-electron chi connectivity index (χ1n) is 7.59. The maximum absolute atomic E-state index is 13.3. The molecule has 1 aromatic carbocycles. The van der Waals surface area contributed by atoms with E-state index in [1.54, 1.807) is 13.0 Å². The van der Waals surface area contributed by atoms with Crippen LogP contribution in [0.2, 0.25) is 0 Å². The van der Waals surface area contributed by atoms with Crippen molar-refractivity contribution in [2.75, 3.05) is 11.9 Å². The third kappa shape index (κ3) is 2.47. The molecule has 6 nitrogen and oxygen atoms in total. The third-order valence-corrected chi connectivity index (χ3v) is 3.87. The van der Waals surface area contributed by atoms with E-state index in [-0.39, 0.29) is 5.82 Å². The number of benzene rings is 1. The van der Waals surface area contributed by atoms with Gasteiger partial charge in [0.25, 0.3) is 5.71 Å². The van der Waals surface area contributed by atoms with Gasteiger partial charge in [0.15, 0.2) is 17.2 Å². The van der Waals surface area contributed by atoms with E-state index < -0.39 is 0 Å². The quantitative estimate of drug-likeness (QED) is 0.624. The summed E-state index contributed by atoms with van der Waals surface area (Å²) in [5.41, 5.74) is 2.99. The predicted molar refractivity (Wildman–Crippen MR) is 89.4 cm³/mol. The van der Waals surface area contributed by atoms with Crippen molar-refractivity contribution in [2.24, 2.45) is 0 Å². The van der Waals surface area contributed by atoms with Crippen molar-refractivity contribution < 1.29 is 8.81 Å². The molecule has 0 amide bonds. The Morgan fingerprint density at radius 3 is 2.83 bits per heavy atom. The van der Waals surface area contributed by atoms with Gasteiger partial charge < -0.3 is 14.3 Å². The van der Waals surface area contributed by atoms with Crippen LogP contribution in [0.3, 0.4) is 0 Å². The number of nitrogens with zero attached hydrogens (tertiary/aromatic N) is 4. The Labute approximate surface area is 137 Å². The fourth-order valence-electron chi connectivity index (χ4n) is 2.86. The zero-order valence-electron chi connectivity index (χ0n) is 13.6. The zero-order valence-corrected chi connectivity index (χ0v) is 13.6. The largest absolute Gasteiger partial charge is 0.422 e. The fourth-order valence-corrected chi connectivity index (χ4v) is 2.86. The number of oxazole rings is 1. The highest BCUT2D eigenvalue weighted by Gasteiger charge is 2.16. The van der Waals surface area contributed by atoms with E-state index in [0.717, 1.165) is 16.6 Å². The number of aromatic nitrogens is 4. The van der Waals surface area contributed by atoms with Crippen LogP contribution >= 0.6 is 0 Å². The summed E-state index contributed by atoms with van der Waals surface area (Å²) < 4.78 is 18.8. The second-order valence-corrected chi connectivity index (χ2v) is 5.86. The van der Waals surface area contributed by atoms with Crippen molar-refractivity contribution in [2.45, 2.75) is 20.4 Å². The number of rotatable bonds is 3. The van der Waals surface area contributed by atoms with E-state index in [9.17, 15) is 4.39 Å². The van der Waals surface area contributed by atoms with Crippen LogP contribution in [0.5, 0.6) is 0 Å². The van der Waals surface area contributed by atoms with Gasteiger partial charge >= 0.3 is 0 Å². The van der Waals surface area contributed by atoms with Gasteiger partial charge in [0, 0.05) is 30.6 Å². The number of aromatic amines is 1. The Hall–Kier alpha value is -2.96. The van der Waals surface area contributed by atoms with Crippen molar-refractivity contribution in [1.29, 1.82) is 0 Å². The first-order valence-corrected chi connectivity index (χ1v) is 7.59. The average Bonchev–Trinajstić information content (AvgIpc) is 3.07. The molecule has 0 spiro atoms. The molecule has 0 saturated carbocycles. The molecule has 0 saturated heterocycles. The molecule has 24 heavy (non-hydrogen) atoms. The lowest BCUT2D eigenvalue weighted by atomic mass is 10.2. The van der Waals surface area contributed by atoms with E-state index in [4.69, 9.17) is 4.42 Å². The monoisotopic (exact) mass is 325 g/mol. The maximum Gasteiger partial charge on any atom is 0.252 e. The lowest BCUT2D eigenvalue weighted by molar-refractivity contribution is 0.550. The summed E-state index contributed by atoms with van der Waals surface area (Å²) >= 11 is 0. The summed E-state index contributed by atoms with van der Waals surface area (Å²) in [5, 5.41) is 0.847. The Morgan fingerprint density at radius 2 is 2.00 bits per heavy atom. The number of hydrogen-bond acceptors (Lipinski definition) is 5. The standard InChI is InChI=1S/C17H16FN5O/c1-9-19-16(15-17(20-9)24-10(2)21-15)23(3)8-13-7-11-6-12(18)4-5-14(11)22-13/h4-7,22H,8H2,1-3H3. The molecular formula is C17H16FN5O. The van der Waals surface area contributed by atoms with Crippen molar-refractivity contribution in [1.82, 2.24) is 19.9 Å². The lowest BCUT2D eigenvalue weighted by Gasteiger charge is -2.17. The highest BCUT2D eigenvalue weighted by molar-refractivity contribution is 5.83. The molecule has 7 heteroatoms. The molecule has 0 aliphatic heterocycles. The van der Waals surface area contributed by atoms with Crippen LogP contribution in [-0.2, 0) is 6.54 Å². The Bertz CT molecular complexity index is 1050. The van der Waals surface area contributed by atoms with Gasteiger partial charge in [-0.25, -0.2) is 14.4 Å². The predicted octanol–water partition coefficient (Wildman–Crippen LogP) is 3.49. The number of aryl methyl sites for hydroxylation is 2. The van der Waals surface area contributed by atoms with Crippen molar-refractivity contribution in [3.05, 3.63) is 47.5 Å². The number of hydrogen-bond donors (Lipinski definition) is 1. The summed E-state index contributed by atoms with van der Waals surface area (Å²) in [7, 11) is 1.93. The maximum atomic E-state index is 13.3. The minimum absolute atomic E-state index is 0.243. The van der Waals surface area contributed by atoms with Crippen LogP contribution in [0.4, 0.5) is 10.2 Å². The highest BCUT2D eigenvalue weighted by atomic mass is 19.1. The van der Waals surface area contributed by atoms with Crippen LogP contribution < -0.4 is 4.90 Å². The van der Waals surface area contributed by atoms with E-state index in [1.807, 2.05) is 24.9 Å². The first-order chi connectivity index (χ1) is 11.5. The average molecular weight is 325 g/mol. The Balaban J connectivity index is 1.71. The summed E-state index contributed by atoms with van der Waals surface area (Å²) in [4.78, 5) is 18.4. The summed E-state index contributed by atoms with van der Waals surface area (Å²) in [6.07, 6.45) is 0. The molecule has 0 atom stereocenters. The summed E-state index contributed by atoms with van der Waals surface area (Å²) in [5.74, 6) is 1.65. The van der Waals surface area contributed by atoms with Crippen LogP contribution in [0.1, 0.15) is 17.4 Å². The minimum atomic E-state index is -0.243. The number of anilines is 1. The van der Waals surface area contributed by atoms with Gasteiger partial charge in [0.2, 0.25) is 0 Å². The minimum Gasteiger partial charge on any atom is -0.422 e. The van der Waals surface area contributed by atoms with E-state index in [1.165, 1.54) is 12.1 Å². The SMILES string of the molecule is Cc1nc(N(C)Cc2cc3cc(F)ccc3[nH]2)c2nc(C)oc2n1. The molecule has 1 N–H and O–H groups in total. The van der Waals surface area contributed by atoms with Gasteiger partial charge in [-0.15, -0.1) is 0 Å². The van der Waals surface area contributed by atoms with E-state index in [2.05, 4.69) is 19.9 Å². The molecule has 122 valence electrons. The number of nitrogens with one attached hydrogen (secondary N) is 1. The van der Waals surface area contributed by atoms with Gasteiger partial charge in [0.05, 0.1) is 6.54 Å². The molecule has 0 unspecified atom stereocenters. The number of H-pyrrole nitrogens is 1. The smallest absolute Gasteiger partial charge is 0.252 e. The molecule has 3 heterocycles. The van der Waals surface area contributed by atoms with Crippen molar-refractivity contribution in [3.8, 4) is 0 Å². The van der Waals surface area contributed by atoms with Crippen LogP contribution in [0.25, 0.3) is 22.1 Å². The molecule has 3 aromatic heterocycles. The lowest BCUT2D eigenvalue weighted by Crippen LogP contribution is -2.19. The zero-order chi connectivity index (χ0) is 16.8. The fraction of sp³-hybridized carbons (Fsp3) is 0.235. The Kier molecular flexibility index (Phi) is 3.23. The molecule has 4 aromatic rings. The van der Waals surface area contributed by atoms with Gasteiger partial charge in [-0.3, -0.25) is 0 Å². The molecule has 0 aliphatic rings. The van der Waals surface area contributed by atoms with Crippen molar-refractivity contribution >= 4 is 28.0 Å². The summed E-state index contributed by atoms with van der Waals surface area (Å²) in [6, 6.07) is 6.64. The number of halogens is 1. The molecule has 0 radical (unpaired) electrons. The van der Waals surface area contributed by atoms with Crippen LogP contribution in [0.15, 0.2) is 28.7 Å². The van der Waals surface area contributed by atoms with Crippen LogP contribution in [0, 0.1) is 19.7 Å². The third-order valence-electron chi connectivity index (χ3n) is 3.87. The normalized spacial score (nSPS) is 11.5. The summed E-state index contributed by atoms with van der Waals surface area (Å²) in [6.45, 7) is 4.18. The second-order valence-electron chi connectivity index (χ2n) is 5.86. The molecule has 0 aliphatic carbocycles. The molecular weight excluding hydrogens is 309 g/mol. The van der Waals surface area contributed by atoms with E-state index in [0.29, 0.717) is 35.3 Å². The molecule has 0 bridgehead atoms. The van der Waals surface area contributed by atoms with Gasteiger partial charge in [0.1, 0.15) is 11.6 Å². The molecule has 4 rings (SSSR count). The Morgan fingerprint density at radius 1 is 1.17 bits per heavy atom. The van der Waals surface area contributed by atoms with Gasteiger partial charge in [-0.05, 0) is 31.2 Å².